The molecular formula is C20H21NO3. The van der Waals surface area contributed by atoms with E-state index in [9.17, 15) is 9.59 Å². The molecule has 1 aliphatic rings. The lowest BCUT2D eigenvalue weighted by molar-refractivity contribution is -0.119. The molecule has 2 aromatic rings. The highest BCUT2D eigenvalue weighted by atomic mass is 16.5. The number of Topliss-reactive ketones (excluding diaryl/α,β-unsaturated/α-hetero) is 1. The fraction of sp³-hybridized carbons (Fsp3) is 0.300. The normalized spacial score (nSPS) is 16.2. The number of hydrogen-bond acceptors (Lipinski definition) is 4. The SMILES string of the molecule is COC(=O)c1ccc2c(c1)CN(C(C)c1ccccc1)CC(=O)C2. The van der Waals surface area contributed by atoms with Crippen molar-refractivity contribution in [2.45, 2.75) is 25.9 Å². The summed E-state index contributed by atoms with van der Waals surface area (Å²) in [6.07, 6.45) is 0.412. The van der Waals surface area contributed by atoms with E-state index < -0.39 is 0 Å². The van der Waals surface area contributed by atoms with Gasteiger partial charge in [0.1, 0.15) is 0 Å². The summed E-state index contributed by atoms with van der Waals surface area (Å²) in [6.45, 7) is 3.16. The van der Waals surface area contributed by atoms with Crippen LogP contribution in [-0.2, 0) is 22.5 Å². The van der Waals surface area contributed by atoms with E-state index in [2.05, 4.69) is 24.0 Å². The minimum Gasteiger partial charge on any atom is -0.465 e. The fourth-order valence-corrected chi connectivity index (χ4v) is 3.18. The van der Waals surface area contributed by atoms with E-state index in [0.717, 1.165) is 11.1 Å². The first-order valence-electron chi connectivity index (χ1n) is 8.09. The zero-order chi connectivity index (χ0) is 17.1. The Labute approximate surface area is 142 Å². The predicted octanol–water partition coefficient (Wildman–Crippen LogP) is 3.16. The van der Waals surface area contributed by atoms with Gasteiger partial charge in [-0.25, -0.2) is 4.79 Å². The second-order valence-electron chi connectivity index (χ2n) is 6.18. The number of benzene rings is 2. The second-order valence-corrected chi connectivity index (χ2v) is 6.18. The highest BCUT2D eigenvalue weighted by Gasteiger charge is 2.25. The van der Waals surface area contributed by atoms with Crippen LogP contribution < -0.4 is 0 Å². The first kappa shape index (κ1) is 16.4. The van der Waals surface area contributed by atoms with Crippen molar-refractivity contribution in [2.75, 3.05) is 13.7 Å². The Balaban J connectivity index is 1.92. The zero-order valence-electron chi connectivity index (χ0n) is 14.0. The molecule has 1 aliphatic heterocycles. The number of carbonyl (C=O) groups excluding carboxylic acids is 2. The van der Waals surface area contributed by atoms with Gasteiger partial charge in [0.05, 0.1) is 19.2 Å². The van der Waals surface area contributed by atoms with Gasteiger partial charge >= 0.3 is 5.97 Å². The van der Waals surface area contributed by atoms with Crippen LogP contribution in [-0.4, -0.2) is 30.3 Å². The number of carbonyl (C=O) groups is 2. The van der Waals surface area contributed by atoms with Crippen LogP contribution in [0.25, 0.3) is 0 Å². The molecule has 1 heterocycles. The molecule has 0 fully saturated rings. The molecule has 24 heavy (non-hydrogen) atoms. The Morgan fingerprint density at radius 3 is 2.54 bits per heavy atom. The van der Waals surface area contributed by atoms with Gasteiger partial charge in [-0.05, 0) is 35.7 Å². The van der Waals surface area contributed by atoms with Crippen LogP contribution >= 0.6 is 0 Å². The van der Waals surface area contributed by atoms with Crippen molar-refractivity contribution in [1.82, 2.24) is 4.90 Å². The van der Waals surface area contributed by atoms with Gasteiger partial charge in [-0.3, -0.25) is 9.69 Å². The van der Waals surface area contributed by atoms with Gasteiger partial charge in [0.15, 0.2) is 5.78 Å². The van der Waals surface area contributed by atoms with Crippen LogP contribution in [0.3, 0.4) is 0 Å². The lowest BCUT2D eigenvalue weighted by atomic mass is 10.0. The molecule has 0 saturated carbocycles. The van der Waals surface area contributed by atoms with Gasteiger partial charge < -0.3 is 4.74 Å². The number of fused-ring (bicyclic) bond motifs is 1. The molecule has 0 bridgehead atoms. The van der Waals surface area contributed by atoms with Gasteiger partial charge in [-0.2, -0.15) is 0 Å². The molecule has 124 valence electrons. The van der Waals surface area contributed by atoms with Crippen molar-refractivity contribution >= 4 is 11.8 Å². The first-order chi connectivity index (χ1) is 11.6. The third kappa shape index (κ3) is 3.39. The third-order valence-electron chi connectivity index (χ3n) is 4.60. The molecule has 0 saturated heterocycles. The largest absolute Gasteiger partial charge is 0.465 e. The van der Waals surface area contributed by atoms with Gasteiger partial charge in [0, 0.05) is 19.0 Å². The molecule has 2 aromatic carbocycles. The van der Waals surface area contributed by atoms with Crippen molar-refractivity contribution in [3.63, 3.8) is 0 Å². The smallest absolute Gasteiger partial charge is 0.337 e. The van der Waals surface area contributed by atoms with Crippen molar-refractivity contribution < 1.29 is 14.3 Å². The average molecular weight is 323 g/mol. The minimum atomic E-state index is -0.351. The molecule has 4 nitrogen and oxygen atoms in total. The van der Waals surface area contributed by atoms with E-state index in [1.807, 2.05) is 30.3 Å². The maximum absolute atomic E-state index is 12.3. The lowest BCUT2D eigenvalue weighted by Gasteiger charge is -2.27. The Hall–Kier alpha value is -2.46. The van der Waals surface area contributed by atoms with Crippen LogP contribution in [0.2, 0.25) is 0 Å². The summed E-state index contributed by atoms with van der Waals surface area (Å²) < 4.78 is 4.80. The Bertz CT molecular complexity index is 755. The summed E-state index contributed by atoms with van der Waals surface area (Å²) in [5.74, 6) is -0.154. The summed E-state index contributed by atoms with van der Waals surface area (Å²) >= 11 is 0. The third-order valence-corrected chi connectivity index (χ3v) is 4.60. The standard InChI is InChI=1S/C20H21NO3/c1-14(15-6-4-3-5-7-15)21-12-18-10-17(20(23)24-2)9-8-16(18)11-19(22)13-21/h3-10,14H,11-13H2,1-2H3. The molecule has 0 N–H and O–H groups in total. The van der Waals surface area contributed by atoms with E-state index in [1.165, 1.54) is 12.7 Å². The summed E-state index contributed by atoms with van der Waals surface area (Å²) in [7, 11) is 1.38. The highest BCUT2D eigenvalue weighted by molar-refractivity contribution is 5.90. The fourth-order valence-electron chi connectivity index (χ4n) is 3.18. The molecule has 1 unspecified atom stereocenters. The Morgan fingerprint density at radius 2 is 1.83 bits per heavy atom. The maximum atomic E-state index is 12.3. The summed E-state index contributed by atoms with van der Waals surface area (Å²) in [6, 6.07) is 15.7. The average Bonchev–Trinajstić information content (AvgIpc) is 2.78. The molecule has 0 amide bonds. The predicted molar refractivity (Wildman–Crippen MR) is 91.8 cm³/mol. The lowest BCUT2D eigenvalue weighted by Crippen LogP contribution is -2.30. The highest BCUT2D eigenvalue weighted by Crippen LogP contribution is 2.26. The number of methoxy groups -OCH3 is 1. The number of nitrogens with zero attached hydrogens (tertiary/aromatic N) is 1. The molecule has 0 aromatic heterocycles. The van der Waals surface area contributed by atoms with Crippen molar-refractivity contribution in [3.05, 3.63) is 70.8 Å². The number of ether oxygens (including phenoxy) is 1. The van der Waals surface area contributed by atoms with E-state index in [-0.39, 0.29) is 17.8 Å². The molecule has 4 heteroatoms. The quantitative estimate of drug-likeness (QED) is 0.814. The monoisotopic (exact) mass is 323 g/mol. The number of esters is 1. The molecule has 1 atom stereocenters. The number of hydrogen-bond donors (Lipinski definition) is 0. The maximum Gasteiger partial charge on any atom is 0.337 e. The van der Waals surface area contributed by atoms with Crippen LogP contribution in [0.5, 0.6) is 0 Å². The van der Waals surface area contributed by atoms with Crippen molar-refractivity contribution in [2.24, 2.45) is 0 Å². The van der Waals surface area contributed by atoms with E-state index in [4.69, 9.17) is 4.74 Å². The molecular weight excluding hydrogens is 302 g/mol. The number of rotatable bonds is 3. The summed E-state index contributed by atoms with van der Waals surface area (Å²) in [5, 5.41) is 0. The first-order valence-corrected chi connectivity index (χ1v) is 8.09. The van der Waals surface area contributed by atoms with Gasteiger partial charge in [0.2, 0.25) is 0 Å². The van der Waals surface area contributed by atoms with Crippen LogP contribution in [0.15, 0.2) is 48.5 Å². The van der Waals surface area contributed by atoms with E-state index in [0.29, 0.717) is 25.1 Å². The van der Waals surface area contributed by atoms with E-state index >= 15 is 0 Å². The van der Waals surface area contributed by atoms with Crippen LogP contribution in [0, 0.1) is 0 Å². The Kier molecular flexibility index (Phi) is 4.76. The molecule has 0 spiro atoms. The molecule has 0 radical (unpaired) electrons. The minimum absolute atomic E-state index is 0.128. The second kappa shape index (κ2) is 6.97. The summed E-state index contributed by atoms with van der Waals surface area (Å²) in [5.41, 5.74) is 3.72. The zero-order valence-corrected chi connectivity index (χ0v) is 14.0. The topological polar surface area (TPSA) is 46.6 Å². The summed E-state index contributed by atoms with van der Waals surface area (Å²) in [4.78, 5) is 26.3. The van der Waals surface area contributed by atoms with E-state index in [1.54, 1.807) is 6.07 Å². The number of ketones is 1. The van der Waals surface area contributed by atoms with Gasteiger partial charge in [-0.15, -0.1) is 0 Å². The van der Waals surface area contributed by atoms with Crippen molar-refractivity contribution in [3.8, 4) is 0 Å². The van der Waals surface area contributed by atoms with Gasteiger partial charge in [-0.1, -0.05) is 36.4 Å². The van der Waals surface area contributed by atoms with Crippen LogP contribution in [0.1, 0.15) is 40.0 Å². The van der Waals surface area contributed by atoms with Crippen LogP contribution in [0.4, 0.5) is 0 Å². The molecule has 0 aliphatic carbocycles. The molecule has 3 rings (SSSR count). The Morgan fingerprint density at radius 1 is 1.08 bits per heavy atom. The van der Waals surface area contributed by atoms with Gasteiger partial charge in [0.25, 0.3) is 0 Å². The van der Waals surface area contributed by atoms with Crippen molar-refractivity contribution in [1.29, 1.82) is 0 Å².